The van der Waals surface area contributed by atoms with Gasteiger partial charge < -0.3 is 10.2 Å². The molecule has 0 saturated carbocycles. The number of likely N-dealkylation sites (N-methyl/N-ethyl adjacent to an activating group) is 1. The Bertz CT molecular complexity index is 711. The lowest BCUT2D eigenvalue weighted by Gasteiger charge is -2.21. The summed E-state index contributed by atoms with van der Waals surface area (Å²) in [6, 6.07) is 5.73. The van der Waals surface area contributed by atoms with Gasteiger partial charge in [0.05, 0.1) is 16.6 Å². The molecule has 0 radical (unpaired) electrons. The van der Waals surface area contributed by atoms with E-state index in [9.17, 15) is 9.18 Å². The number of benzene rings is 1. The number of aromatic nitrogens is 1. The van der Waals surface area contributed by atoms with Gasteiger partial charge in [-0.05, 0) is 18.2 Å². The quantitative estimate of drug-likeness (QED) is 0.915. The van der Waals surface area contributed by atoms with Gasteiger partial charge in [0, 0.05) is 43.2 Å². The van der Waals surface area contributed by atoms with Gasteiger partial charge in [-0.3, -0.25) is 0 Å². The largest absolute Gasteiger partial charge is 0.334 e. The smallest absolute Gasteiger partial charge is 0.317 e. The van der Waals surface area contributed by atoms with Crippen molar-refractivity contribution < 1.29 is 9.18 Å². The van der Waals surface area contributed by atoms with Crippen molar-refractivity contribution in [3.8, 4) is 6.07 Å². The Morgan fingerprint density at radius 1 is 1.57 bits per heavy atom. The Hall–Kier alpha value is -2.46. The van der Waals surface area contributed by atoms with Crippen LogP contribution in [0.25, 0.3) is 0 Å². The van der Waals surface area contributed by atoms with Crippen LogP contribution in [0.15, 0.2) is 29.8 Å². The van der Waals surface area contributed by atoms with Crippen LogP contribution in [0.1, 0.15) is 29.0 Å². The molecule has 1 N–H and O–H groups in total. The van der Waals surface area contributed by atoms with Crippen LogP contribution >= 0.6 is 11.3 Å². The van der Waals surface area contributed by atoms with E-state index in [-0.39, 0.29) is 18.5 Å². The molecule has 0 aliphatic rings. The van der Waals surface area contributed by atoms with Gasteiger partial charge in [-0.25, -0.2) is 14.2 Å². The lowest BCUT2D eigenvalue weighted by molar-refractivity contribution is 0.206. The van der Waals surface area contributed by atoms with E-state index in [4.69, 9.17) is 5.26 Å². The Balaban J connectivity index is 1.90. The molecule has 0 bridgehead atoms. The lowest BCUT2D eigenvalue weighted by Crippen LogP contribution is -2.38. The molecule has 1 aromatic carbocycles. The van der Waals surface area contributed by atoms with E-state index in [1.807, 2.05) is 18.4 Å². The zero-order valence-electron chi connectivity index (χ0n) is 12.9. The molecule has 2 amide bonds. The zero-order chi connectivity index (χ0) is 16.8. The fraction of sp³-hybridized carbons (Fsp3) is 0.312. The van der Waals surface area contributed by atoms with Crippen molar-refractivity contribution in [3.05, 3.63) is 51.7 Å². The highest BCUT2D eigenvalue weighted by Crippen LogP contribution is 2.18. The average Bonchev–Trinajstić information content (AvgIpc) is 3.08. The van der Waals surface area contributed by atoms with E-state index < -0.39 is 5.82 Å². The number of rotatable bonds is 5. The molecule has 0 spiro atoms. The number of hydrogen-bond acceptors (Lipinski definition) is 4. The summed E-state index contributed by atoms with van der Waals surface area (Å²) < 4.78 is 13.7. The molecule has 2 rings (SSSR count). The van der Waals surface area contributed by atoms with Crippen LogP contribution in [-0.4, -0.2) is 29.5 Å². The highest BCUT2D eigenvalue weighted by Gasteiger charge is 2.15. The lowest BCUT2D eigenvalue weighted by atomic mass is 10.1. The van der Waals surface area contributed by atoms with Crippen molar-refractivity contribution in [3.63, 3.8) is 0 Å². The molecular weight excluding hydrogens is 315 g/mol. The molecule has 1 aromatic heterocycles. The minimum atomic E-state index is -0.442. The first-order chi connectivity index (χ1) is 11.0. The Kier molecular flexibility index (Phi) is 5.66. The predicted octanol–water partition coefficient (Wildman–Crippen LogP) is 3.10. The molecule has 0 aliphatic carbocycles. The molecule has 0 unspecified atom stereocenters. The number of nitrogens with one attached hydrogen (secondary N) is 1. The third-order valence-electron chi connectivity index (χ3n) is 3.37. The predicted molar refractivity (Wildman–Crippen MR) is 86.5 cm³/mol. The fourth-order valence-corrected chi connectivity index (χ4v) is 2.82. The molecular formula is C16H17FN4OS. The summed E-state index contributed by atoms with van der Waals surface area (Å²) in [5, 5.41) is 14.4. The maximum atomic E-state index is 13.7. The second kappa shape index (κ2) is 7.70. The number of hydrogen-bond donors (Lipinski definition) is 1. The molecule has 120 valence electrons. The van der Waals surface area contributed by atoms with E-state index >= 15 is 0 Å². The summed E-state index contributed by atoms with van der Waals surface area (Å²) in [4.78, 5) is 17.9. The Morgan fingerprint density at radius 2 is 2.35 bits per heavy atom. The number of carbonyl (C=O) groups excluding carboxylic acids is 1. The first kappa shape index (κ1) is 16.9. The first-order valence-electron chi connectivity index (χ1n) is 7.08. The summed E-state index contributed by atoms with van der Waals surface area (Å²) >= 11 is 1.55. The Morgan fingerprint density at radius 3 is 3.00 bits per heavy atom. The number of halogens is 1. The summed E-state index contributed by atoms with van der Waals surface area (Å²) in [5.41, 5.74) is 0.653. The van der Waals surface area contributed by atoms with E-state index in [2.05, 4.69) is 10.3 Å². The fourth-order valence-electron chi connectivity index (χ4n) is 2.14. The number of amides is 2. The van der Waals surface area contributed by atoms with Crippen molar-refractivity contribution in [2.24, 2.45) is 0 Å². The topological polar surface area (TPSA) is 69.0 Å². The highest BCUT2D eigenvalue weighted by atomic mass is 32.1. The maximum Gasteiger partial charge on any atom is 0.317 e. The SMILES string of the molecule is C[C@@H](CN(C)C(=O)NCc1cc(C#N)ccc1F)c1nccs1. The van der Waals surface area contributed by atoms with Crippen LogP contribution in [-0.2, 0) is 6.54 Å². The molecule has 1 heterocycles. The molecule has 5 nitrogen and oxygen atoms in total. The Labute approximate surface area is 138 Å². The van der Waals surface area contributed by atoms with E-state index in [0.717, 1.165) is 5.01 Å². The minimum absolute atomic E-state index is 0.0379. The van der Waals surface area contributed by atoms with Crippen LogP contribution < -0.4 is 5.32 Å². The van der Waals surface area contributed by atoms with Crippen LogP contribution in [0.2, 0.25) is 0 Å². The van der Waals surface area contributed by atoms with Gasteiger partial charge in [0.15, 0.2) is 0 Å². The molecule has 7 heteroatoms. The zero-order valence-corrected chi connectivity index (χ0v) is 13.7. The van der Waals surface area contributed by atoms with E-state index in [1.54, 1.807) is 24.6 Å². The maximum absolute atomic E-state index is 13.7. The number of thiazole rings is 1. The van der Waals surface area contributed by atoms with Crippen molar-refractivity contribution in [1.82, 2.24) is 15.2 Å². The van der Waals surface area contributed by atoms with Gasteiger partial charge in [0.1, 0.15) is 5.82 Å². The second-order valence-corrected chi connectivity index (χ2v) is 6.15. The van der Waals surface area contributed by atoms with Crippen LogP contribution in [0.3, 0.4) is 0 Å². The van der Waals surface area contributed by atoms with E-state index in [1.165, 1.54) is 23.1 Å². The van der Waals surface area contributed by atoms with Gasteiger partial charge >= 0.3 is 6.03 Å². The number of nitrogens with zero attached hydrogens (tertiary/aromatic N) is 3. The third-order valence-corrected chi connectivity index (χ3v) is 4.38. The van der Waals surface area contributed by atoms with Crippen molar-refractivity contribution in [2.45, 2.75) is 19.4 Å². The second-order valence-electron chi connectivity index (χ2n) is 5.23. The summed E-state index contributed by atoms with van der Waals surface area (Å²) in [6.07, 6.45) is 1.74. The van der Waals surface area contributed by atoms with E-state index in [0.29, 0.717) is 17.7 Å². The average molecular weight is 332 g/mol. The van der Waals surface area contributed by atoms with Gasteiger partial charge in [0.25, 0.3) is 0 Å². The van der Waals surface area contributed by atoms with Gasteiger partial charge in [-0.1, -0.05) is 6.92 Å². The molecule has 0 saturated heterocycles. The number of nitriles is 1. The first-order valence-corrected chi connectivity index (χ1v) is 7.96. The van der Waals surface area contributed by atoms with Crippen LogP contribution in [0.5, 0.6) is 0 Å². The third kappa shape index (κ3) is 4.50. The molecule has 2 aromatic rings. The minimum Gasteiger partial charge on any atom is -0.334 e. The van der Waals surface area contributed by atoms with Gasteiger partial charge in [-0.2, -0.15) is 5.26 Å². The molecule has 0 fully saturated rings. The van der Waals surface area contributed by atoms with Gasteiger partial charge in [0.2, 0.25) is 0 Å². The van der Waals surface area contributed by atoms with Crippen molar-refractivity contribution in [1.29, 1.82) is 5.26 Å². The van der Waals surface area contributed by atoms with Crippen LogP contribution in [0.4, 0.5) is 9.18 Å². The standard InChI is InChI=1S/C16H17FN4OS/c1-11(15-19-5-6-23-15)10-21(2)16(22)20-9-13-7-12(8-18)3-4-14(13)17/h3-7,11H,9-10H2,1-2H3,(H,20,22)/t11-/m0/s1. The summed E-state index contributed by atoms with van der Waals surface area (Å²) in [6.45, 7) is 2.55. The van der Waals surface area contributed by atoms with Crippen LogP contribution in [0, 0.1) is 17.1 Å². The summed E-state index contributed by atoms with van der Waals surface area (Å²) in [7, 11) is 1.68. The van der Waals surface area contributed by atoms with Gasteiger partial charge in [-0.15, -0.1) is 11.3 Å². The monoisotopic (exact) mass is 332 g/mol. The number of carbonyl (C=O) groups is 1. The summed E-state index contributed by atoms with van der Waals surface area (Å²) in [5.74, 6) is -0.312. The molecule has 0 aliphatic heterocycles. The highest BCUT2D eigenvalue weighted by molar-refractivity contribution is 7.09. The molecule has 23 heavy (non-hydrogen) atoms. The molecule has 1 atom stereocenters. The number of urea groups is 1. The van der Waals surface area contributed by atoms with Crippen molar-refractivity contribution in [2.75, 3.05) is 13.6 Å². The normalized spacial score (nSPS) is 11.6. The van der Waals surface area contributed by atoms with Crippen molar-refractivity contribution >= 4 is 17.4 Å².